The Labute approximate surface area is 76.7 Å². The number of hydrogen-bond donors (Lipinski definition) is 0. The van der Waals surface area contributed by atoms with Gasteiger partial charge in [-0.2, -0.15) is 0 Å². The van der Waals surface area contributed by atoms with Crippen molar-refractivity contribution in [3.05, 3.63) is 0 Å². The molecule has 0 amide bonds. The molecule has 0 radical (unpaired) electrons. The molecule has 0 unspecified atom stereocenters. The molecule has 0 aliphatic heterocycles. The molecule has 0 saturated heterocycles. The summed E-state index contributed by atoms with van der Waals surface area (Å²) in [5.74, 6) is 3.37. The average Bonchev–Trinajstić information content (AvgIpc) is 1.55. The van der Waals surface area contributed by atoms with Crippen molar-refractivity contribution in [3.63, 3.8) is 0 Å². The van der Waals surface area contributed by atoms with Crippen LogP contribution in [0.4, 0.5) is 0 Å². The van der Waals surface area contributed by atoms with E-state index in [0.29, 0.717) is 0 Å². The third-order valence-corrected chi connectivity index (χ3v) is 4.96. The van der Waals surface area contributed by atoms with Crippen LogP contribution in [0.15, 0.2) is 0 Å². The zero-order chi connectivity index (χ0) is 9.12. The molecule has 0 spiro atoms. The topological polar surface area (TPSA) is 0 Å². The van der Waals surface area contributed by atoms with Crippen molar-refractivity contribution in [3.8, 4) is 9.86 Å². The third kappa shape index (κ3) is 10.6. The molecule has 0 aliphatic rings. The first kappa shape index (κ1) is 11.6. The van der Waals surface area contributed by atoms with E-state index in [0.717, 1.165) is 0 Å². The van der Waals surface area contributed by atoms with Gasteiger partial charge < -0.3 is 0 Å². The van der Waals surface area contributed by atoms with Crippen LogP contribution in [0.2, 0.25) is 40.5 Å². The summed E-state index contributed by atoms with van der Waals surface area (Å²) in [6.45, 7) is 7.12. The fourth-order valence-corrected chi connectivity index (χ4v) is 3.46. The Morgan fingerprint density at radius 3 is 1.82 bits per heavy atom. The molecular formula is C9H20SiSn. The SMILES string of the molecule is C[Si](C)(C)CC#[C][Sn]([CH3])([CH3])[CH3]. The summed E-state index contributed by atoms with van der Waals surface area (Å²) in [7, 11) is -0.897. The van der Waals surface area contributed by atoms with Crippen molar-refractivity contribution in [2.24, 2.45) is 0 Å². The predicted octanol–water partition coefficient (Wildman–Crippen LogP) is 3.21. The zero-order valence-electron chi connectivity index (χ0n) is 8.71. The average molecular weight is 275 g/mol. The van der Waals surface area contributed by atoms with E-state index in [4.69, 9.17) is 0 Å². The Morgan fingerprint density at radius 2 is 1.55 bits per heavy atom. The Balaban J connectivity index is 3.94. The molecule has 11 heavy (non-hydrogen) atoms. The molecule has 0 nitrogen and oxygen atoms in total. The summed E-state index contributed by atoms with van der Waals surface area (Å²) in [5, 5.41) is 0. The van der Waals surface area contributed by atoms with E-state index in [-0.39, 0.29) is 0 Å². The molecule has 0 saturated carbocycles. The van der Waals surface area contributed by atoms with Crippen molar-refractivity contribution < 1.29 is 0 Å². The van der Waals surface area contributed by atoms with Crippen LogP contribution in [0.5, 0.6) is 0 Å². The van der Waals surface area contributed by atoms with Crippen LogP contribution in [0.3, 0.4) is 0 Å². The van der Waals surface area contributed by atoms with Crippen molar-refractivity contribution in [1.29, 1.82) is 0 Å². The van der Waals surface area contributed by atoms with Crippen LogP contribution in [-0.2, 0) is 0 Å². The number of rotatable bonds is 1. The van der Waals surface area contributed by atoms with Gasteiger partial charge in [-0.05, 0) is 0 Å². The molecule has 0 aliphatic carbocycles. The first-order chi connectivity index (χ1) is 4.71. The van der Waals surface area contributed by atoms with Crippen LogP contribution in [-0.4, -0.2) is 26.5 Å². The Kier molecular flexibility index (Phi) is 4.21. The Hall–Kier alpha value is 0.576. The van der Waals surface area contributed by atoms with Crippen molar-refractivity contribution in [2.45, 2.75) is 40.5 Å². The second-order valence-corrected chi connectivity index (χ2v) is 24.3. The summed E-state index contributed by atoms with van der Waals surface area (Å²) in [6.07, 6.45) is 0. The molecule has 0 aromatic heterocycles. The van der Waals surface area contributed by atoms with Crippen LogP contribution in [0.1, 0.15) is 0 Å². The molecule has 0 aromatic carbocycles. The van der Waals surface area contributed by atoms with Crippen LogP contribution < -0.4 is 0 Å². The molecule has 0 heterocycles. The van der Waals surface area contributed by atoms with E-state index in [9.17, 15) is 0 Å². The molecule has 0 N–H and O–H groups in total. The standard InChI is InChI=1S/C6H11Si.3CH3.Sn/c1-5-6-7(2,3)4;;;;/h6H2,2-4H3;3*1H3;. The summed E-state index contributed by atoms with van der Waals surface area (Å²) < 4.78 is 3.47. The predicted molar refractivity (Wildman–Crippen MR) is 59.3 cm³/mol. The molecule has 0 atom stereocenters. The van der Waals surface area contributed by atoms with Gasteiger partial charge in [-0.25, -0.2) is 0 Å². The fourth-order valence-electron chi connectivity index (χ4n) is 0.575. The van der Waals surface area contributed by atoms with Crippen LogP contribution in [0.25, 0.3) is 0 Å². The quantitative estimate of drug-likeness (QED) is 0.509. The van der Waals surface area contributed by atoms with E-state index in [1.165, 1.54) is 6.04 Å². The van der Waals surface area contributed by atoms with Crippen molar-refractivity contribution in [1.82, 2.24) is 0 Å². The van der Waals surface area contributed by atoms with E-state index in [1.807, 2.05) is 0 Å². The van der Waals surface area contributed by atoms with Gasteiger partial charge in [0.25, 0.3) is 0 Å². The molecule has 64 valence electrons. The van der Waals surface area contributed by atoms with Gasteiger partial charge in [0.15, 0.2) is 0 Å². The Morgan fingerprint density at radius 1 is 1.09 bits per heavy atom. The van der Waals surface area contributed by atoms with Gasteiger partial charge in [0.2, 0.25) is 0 Å². The van der Waals surface area contributed by atoms with Gasteiger partial charge in [-0.15, -0.1) is 0 Å². The van der Waals surface area contributed by atoms with Crippen LogP contribution in [0, 0.1) is 9.86 Å². The van der Waals surface area contributed by atoms with Gasteiger partial charge in [-0.3, -0.25) is 0 Å². The minimum atomic E-state index is -1.75. The fraction of sp³-hybridized carbons (Fsp3) is 0.778. The maximum absolute atomic E-state index is 3.47. The summed E-state index contributed by atoms with van der Waals surface area (Å²) in [6, 6.07) is 1.18. The zero-order valence-corrected chi connectivity index (χ0v) is 12.6. The third-order valence-electron chi connectivity index (χ3n) is 1.08. The normalized spacial score (nSPS) is 12.2. The molecule has 0 bridgehead atoms. The maximum atomic E-state index is 3.47. The van der Waals surface area contributed by atoms with E-state index in [2.05, 4.69) is 44.3 Å². The van der Waals surface area contributed by atoms with Gasteiger partial charge in [0, 0.05) is 0 Å². The van der Waals surface area contributed by atoms with Crippen LogP contribution >= 0.6 is 0 Å². The Bertz CT molecular complexity index is 172. The number of hydrogen-bond acceptors (Lipinski definition) is 0. The molecule has 0 rings (SSSR count). The second kappa shape index (κ2) is 4.00. The first-order valence-electron chi connectivity index (χ1n) is 4.21. The van der Waals surface area contributed by atoms with Gasteiger partial charge in [-0.1, -0.05) is 0 Å². The molecular weight excluding hydrogens is 255 g/mol. The van der Waals surface area contributed by atoms with E-state index >= 15 is 0 Å². The summed E-state index contributed by atoms with van der Waals surface area (Å²) in [4.78, 5) is 7.10. The first-order valence-corrected chi connectivity index (χ1v) is 17.9. The molecule has 0 aromatic rings. The van der Waals surface area contributed by atoms with Gasteiger partial charge in [0.1, 0.15) is 0 Å². The van der Waals surface area contributed by atoms with Gasteiger partial charge >= 0.3 is 76.8 Å². The summed E-state index contributed by atoms with van der Waals surface area (Å²) >= 11 is -1.75. The van der Waals surface area contributed by atoms with Gasteiger partial charge in [0.05, 0.1) is 0 Å². The monoisotopic (exact) mass is 276 g/mol. The molecule has 2 heteroatoms. The van der Waals surface area contributed by atoms with E-state index < -0.39 is 26.5 Å². The van der Waals surface area contributed by atoms with E-state index in [1.54, 1.807) is 0 Å². The second-order valence-electron chi connectivity index (χ2n) is 5.29. The summed E-state index contributed by atoms with van der Waals surface area (Å²) in [5.41, 5.74) is 0. The van der Waals surface area contributed by atoms with Crippen molar-refractivity contribution in [2.75, 3.05) is 0 Å². The minimum absolute atomic E-state index is 0.897. The molecule has 0 fully saturated rings. The van der Waals surface area contributed by atoms with Crippen molar-refractivity contribution >= 4 is 26.5 Å².